The number of carbonyl (C=O) groups is 1. The van der Waals surface area contributed by atoms with Gasteiger partial charge in [-0.2, -0.15) is 0 Å². The van der Waals surface area contributed by atoms with Crippen LogP contribution < -0.4 is 5.32 Å². The van der Waals surface area contributed by atoms with Crippen molar-refractivity contribution in [3.8, 4) is 0 Å². The van der Waals surface area contributed by atoms with Crippen molar-refractivity contribution in [2.45, 2.75) is 11.8 Å². The Labute approximate surface area is 115 Å². The van der Waals surface area contributed by atoms with E-state index >= 15 is 0 Å². The predicted molar refractivity (Wildman–Crippen MR) is 77.4 cm³/mol. The molecule has 1 aromatic carbocycles. The molecule has 0 bridgehead atoms. The maximum absolute atomic E-state index is 11.0. The first-order valence-electron chi connectivity index (χ1n) is 5.71. The number of aromatic carboxylic acids is 1. The van der Waals surface area contributed by atoms with E-state index in [2.05, 4.69) is 10.3 Å². The summed E-state index contributed by atoms with van der Waals surface area (Å²) < 4.78 is 0. The molecule has 0 spiro atoms. The molecule has 1 heterocycles. The van der Waals surface area contributed by atoms with Gasteiger partial charge in [-0.15, -0.1) is 11.8 Å². The van der Waals surface area contributed by atoms with Crippen LogP contribution in [-0.4, -0.2) is 22.3 Å². The molecule has 4 nitrogen and oxygen atoms in total. The minimum Gasteiger partial charge on any atom is -0.478 e. The van der Waals surface area contributed by atoms with Gasteiger partial charge in [0.15, 0.2) is 0 Å². The van der Waals surface area contributed by atoms with Crippen LogP contribution in [0.15, 0.2) is 41.3 Å². The minimum absolute atomic E-state index is 0.232. The lowest BCUT2D eigenvalue weighted by atomic mass is 10.2. The van der Waals surface area contributed by atoms with Gasteiger partial charge in [-0.1, -0.05) is 0 Å². The van der Waals surface area contributed by atoms with Crippen molar-refractivity contribution in [2.24, 2.45) is 0 Å². The van der Waals surface area contributed by atoms with Crippen molar-refractivity contribution in [1.82, 2.24) is 4.98 Å². The topological polar surface area (TPSA) is 62.2 Å². The monoisotopic (exact) mass is 274 g/mol. The minimum atomic E-state index is -0.953. The third-order valence-electron chi connectivity index (χ3n) is 2.56. The molecule has 19 heavy (non-hydrogen) atoms. The van der Waals surface area contributed by atoms with Crippen molar-refractivity contribution in [3.05, 3.63) is 47.7 Å². The third kappa shape index (κ3) is 3.48. The molecule has 0 saturated heterocycles. The number of thioether (sulfide) groups is 1. The van der Waals surface area contributed by atoms with Crippen molar-refractivity contribution in [1.29, 1.82) is 0 Å². The number of aromatic nitrogens is 1. The first-order chi connectivity index (χ1) is 9.08. The summed E-state index contributed by atoms with van der Waals surface area (Å²) >= 11 is 1.67. The summed E-state index contributed by atoms with van der Waals surface area (Å²) in [5, 5.41) is 12.1. The molecule has 0 unspecified atom stereocenters. The molecular formula is C14H14N2O2S. The van der Waals surface area contributed by atoms with Gasteiger partial charge in [0, 0.05) is 16.3 Å². The maximum Gasteiger partial charge on any atom is 0.335 e. The number of aryl methyl sites for hydroxylation is 1. The molecule has 2 rings (SSSR count). The number of benzene rings is 1. The molecule has 2 aromatic rings. The zero-order chi connectivity index (χ0) is 13.8. The number of hydrogen-bond acceptors (Lipinski definition) is 4. The summed E-state index contributed by atoms with van der Waals surface area (Å²) in [6.07, 6.45) is 2.02. The lowest BCUT2D eigenvalue weighted by Gasteiger charge is -2.08. The van der Waals surface area contributed by atoms with E-state index in [1.54, 1.807) is 24.8 Å². The van der Waals surface area contributed by atoms with Gasteiger partial charge in [-0.05, 0) is 49.6 Å². The highest BCUT2D eigenvalue weighted by Crippen LogP contribution is 2.21. The van der Waals surface area contributed by atoms with E-state index in [4.69, 9.17) is 5.11 Å². The Balaban J connectivity index is 2.24. The number of rotatable bonds is 4. The van der Waals surface area contributed by atoms with Crippen LogP contribution in [0.4, 0.5) is 11.5 Å². The van der Waals surface area contributed by atoms with Crippen LogP contribution in [0.5, 0.6) is 0 Å². The van der Waals surface area contributed by atoms with Crippen LogP contribution in [-0.2, 0) is 0 Å². The standard InChI is InChI=1S/C14H14N2O2S/c1-9-7-10(14(17)18)8-13(15-9)16-11-3-5-12(19-2)6-4-11/h3-8H,1-2H3,(H,15,16)(H,17,18). The summed E-state index contributed by atoms with van der Waals surface area (Å²) in [7, 11) is 0. The number of nitrogens with one attached hydrogen (secondary N) is 1. The first-order valence-corrected chi connectivity index (χ1v) is 6.94. The normalized spacial score (nSPS) is 10.2. The molecule has 0 atom stereocenters. The summed E-state index contributed by atoms with van der Waals surface area (Å²) in [5.74, 6) is -0.416. The zero-order valence-corrected chi connectivity index (χ0v) is 11.5. The molecule has 98 valence electrons. The highest BCUT2D eigenvalue weighted by molar-refractivity contribution is 7.98. The van der Waals surface area contributed by atoms with E-state index < -0.39 is 5.97 Å². The van der Waals surface area contributed by atoms with Gasteiger partial charge < -0.3 is 10.4 Å². The Hall–Kier alpha value is -2.01. The largest absolute Gasteiger partial charge is 0.478 e. The van der Waals surface area contributed by atoms with Gasteiger partial charge >= 0.3 is 5.97 Å². The summed E-state index contributed by atoms with van der Waals surface area (Å²) in [6.45, 7) is 1.77. The van der Waals surface area contributed by atoms with Gasteiger partial charge in [-0.3, -0.25) is 0 Å². The number of hydrogen-bond donors (Lipinski definition) is 2. The van der Waals surface area contributed by atoms with Gasteiger partial charge in [0.25, 0.3) is 0 Å². The molecule has 0 aliphatic rings. The second-order valence-electron chi connectivity index (χ2n) is 4.04. The van der Waals surface area contributed by atoms with E-state index in [9.17, 15) is 4.79 Å². The molecule has 0 fully saturated rings. The fourth-order valence-corrected chi connectivity index (χ4v) is 2.09. The van der Waals surface area contributed by atoms with E-state index in [0.717, 1.165) is 5.69 Å². The number of pyridine rings is 1. The quantitative estimate of drug-likeness (QED) is 0.835. The molecule has 5 heteroatoms. The maximum atomic E-state index is 11.0. The molecule has 2 N–H and O–H groups in total. The van der Waals surface area contributed by atoms with Gasteiger partial charge in [-0.25, -0.2) is 9.78 Å². The first kappa shape index (κ1) is 13.4. The summed E-state index contributed by atoms with van der Waals surface area (Å²) in [4.78, 5) is 16.4. The molecule has 0 saturated carbocycles. The molecule has 0 aliphatic heterocycles. The Bertz CT molecular complexity index is 597. The molecule has 0 amide bonds. The zero-order valence-electron chi connectivity index (χ0n) is 10.7. The van der Waals surface area contributed by atoms with Gasteiger partial charge in [0.1, 0.15) is 5.82 Å². The molecular weight excluding hydrogens is 260 g/mol. The lowest BCUT2D eigenvalue weighted by molar-refractivity contribution is 0.0696. The Kier molecular flexibility index (Phi) is 4.06. The Morgan fingerprint density at radius 1 is 1.26 bits per heavy atom. The predicted octanol–water partition coefficient (Wildman–Crippen LogP) is 3.55. The SMILES string of the molecule is CSc1ccc(Nc2cc(C(=O)O)cc(C)n2)cc1. The second kappa shape index (κ2) is 5.75. The average molecular weight is 274 g/mol. The van der Waals surface area contributed by atoms with Crippen LogP contribution in [0.3, 0.4) is 0 Å². The van der Waals surface area contributed by atoms with Crippen molar-refractivity contribution in [2.75, 3.05) is 11.6 Å². The number of nitrogens with zero attached hydrogens (tertiary/aromatic N) is 1. The average Bonchev–Trinajstić information content (AvgIpc) is 2.39. The highest BCUT2D eigenvalue weighted by atomic mass is 32.2. The summed E-state index contributed by atoms with van der Waals surface area (Å²) in [5.41, 5.74) is 1.78. The van der Waals surface area contributed by atoms with E-state index in [0.29, 0.717) is 11.5 Å². The molecule has 1 aromatic heterocycles. The number of carboxylic acid groups (broad SMARTS) is 1. The van der Waals surface area contributed by atoms with Crippen LogP contribution in [0.2, 0.25) is 0 Å². The molecule has 0 radical (unpaired) electrons. The van der Waals surface area contributed by atoms with E-state index in [1.165, 1.54) is 11.0 Å². The van der Waals surface area contributed by atoms with Crippen molar-refractivity contribution in [3.63, 3.8) is 0 Å². The summed E-state index contributed by atoms with van der Waals surface area (Å²) in [6, 6.07) is 11.0. The third-order valence-corrected chi connectivity index (χ3v) is 3.31. The van der Waals surface area contributed by atoms with Crippen molar-refractivity contribution >= 4 is 29.2 Å². The Morgan fingerprint density at radius 2 is 1.95 bits per heavy atom. The van der Waals surface area contributed by atoms with Gasteiger partial charge in [0.05, 0.1) is 5.56 Å². The number of anilines is 2. The highest BCUT2D eigenvalue weighted by Gasteiger charge is 2.06. The van der Waals surface area contributed by atoms with Crippen LogP contribution in [0.25, 0.3) is 0 Å². The van der Waals surface area contributed by atoms with E-state index in [-0.39, 0.29) is 5.56 Å². The smallest absolute Gasteiger partial charge is 0.335 e. The van der Waals surface area contributed by atoms with E-state index in [1.807, 2.05) is 30.5 Å². The Morgan fingerprint density at radius 3 is 2.53 bits per heavy atom. The fraction of sp³-hybridized carbons (Fsp3) is 0.143. The fourth-order valence-electron chi connectivity index (χ4n) is 1.68. The van der Waals surface area contributed by atoms with Crippen LogP contribution in [0.1, 0.15) is 16.1 Å². The number of carboxylic acids is 1. The van der Waals surface area contributed by atoms with Crippen molar-refractivity contribution < 1.29 is 9.90 Å². The lowest BCUT2D eigenvalue weighted by Crippen LogP contribution is -2.01. The molecule has 0 aliphatic carbocycles. The van der Waals surface area contributed by atoms with Crippen LogP contribution in [0, 0.1) is 6.92 Å². The van der Waals surface area contributed by atoms with Crippen LogP contribution >= 0.6 is 11.8 Å². The van der Waals surface area contributed by atoms with Gasteiger partial charge in [0.2, 0.25) is 0 Å². The second-order valence-corrected chi connectivity index (χ2v) is 4.92.